The van der Waals surface area contributed by atoms with Crippen molar-refractivity contribution in [1.29, 1.82) is 0 Å². The van der Waals surface area contributed by atoms with E-state index in [0.29, 0.717) is 12.6 Å². The second-order valence-corrected chi connectivity index (χ2v) is 5.73. The molecule has 19 heavy (non-hydrogen) atoms. The maximum absolute atomic E-state index is 12.4. The third-order valence-corrected chi connectivity index (χ3v) is 3.99. The van der Waals surface area contributed by atoms with Crippen molar-refractivity contribution in [3.05, 3.63) is 34.4 Å². The molecule has 0 spiro atoms. The van der Waals surface area contributed by atoms with E-state index in [2.05, 4.69) is 38.7 Å². The van der Waals surface area contributed by atoms with Gasteiger partial charge >= 0.3 is 0 Å². The Morgan fingerprint density at radius 3 is 2.32 bits per heavy atom. The lowest BCUT2D eigenvalue weighted by Crippen LogP contribution is -2.34. The highest BCUT2D eigenvalue weighted by atomic mass is 16.1. The minimum Gasteiger partial charge on any atom is -0.296 e. The molecule has 2 heteroatoms. The van der Waals surface area contributed by atoms with Gasteiger partial charge in [-0.25, -0.2) is 0 Å². The molecule has 0 N–H and O–H groups in total. The zero-order valence-electron chi connectivity index (χ0n) is 13.2. The zero-order valence-corrected chi connectivity index (χ0v) is 13.2. The molecule has 2 nitrogen and oxygen atoms in total. The van der Waals surface area contributed by atoms with E-state index in [4.69, 9.17) is 0 Å². The molecular formula is C17H27NO. The first-order valence-corrected chi connectivity index (χ1v) is 7.18. The summed E-state index contributed by atoms with van der Waals surface area (Å²) in [5, 5.41) is 0. The van der Waals surface area contributed by atoms with Crippen LogP contribution in [0.25, 0.3) is 0 Å². The quantitative estimate of drug-likeness (QED) is 0.723. The van der Waals surface area contributed by atoms with Crippen LogP contribution in [0, 0.1) is 20.8 Å². The highest BCUT2D eigenvalue weighted by molar-refractivity contribution is 5.99. The van der Waals surface area contributed by atoms with E-state index in [1.165, 1.54) is 11.1 Å². The lowest BCUT2D eigenvalue weighted by molar-refractivity contribution is 0.0920. The number of benzene rings is 1. The van der Waals surface area contributed by atoms with Crippen LogP contribution in [0.15, 0.2) is 12.1 Å². The smallest absolute Gasteiger partial charge is 0.177 e. The molecule has 0 aliphatic heterocycles. The number of likely N-dealkylation sites (N-methyl/N-ethyl adjacent to an activating group) is 1. The van der Waals surface area contributed by atoms with E-state index < -0.39 is 0 Å². The van der Waals surface area contributed by atoms with Crippen molar-refractivity contribution < 1.29 is 4.79 Å². The van der Waals surface area contributed by atoms with E-state index in [1.807, 2.05) is 20.0 Å². The van der Waals surface area contributed by atoms with Crippen molar-refractivity contribution in [3.8, 4) is 0 Å². The Hall–Kier alpha value is -1.15. The average molecular weight is 261 g/mol. The van der Waals surface area contributed by atoms with Gasteiger partial charge in [-0.15, -0.1) is 0 Å². The minimum atomic E-state index is 0.228. The second-order valence-electron chi connectivity index (χ2n) is 5.73. The number of rotatable bonds is 6. The number of Topliss-reactive ketones (excluding diaryl/α,β-unsaturated/α-hetero) is 1. The van der Waals surface area contributed by atoms with Crippen LogP contribution >= 0.6 is 0 Å². The summed E-state index contributed by atoms with van der Waals surface area (Å²) in [4.78, 5) is 14.6. The van der Waals surface area contributed by atoms with Gasteiger partial charge in [-0.1, -0.05) is 19.4 Å². The molecule has 0 saturated carbocycles. The van der Waals surface area contributed by atoms with Gasteiger partial charge in [-0.05, 0) is 63.9 Å². The van der Waals surface area contributed by atoms with Gasteiger partial charge in [0.15, 0.2) is 5.78 Å². The van der Waals surface area contributed by atoms with Gasteiger partial charge in [-0.2, -0.15) is 0 Å². The largest absolute Gasteiger partial charge is 0.296 e. The molecule has 0 aromatic heterocycles. The number of hydrogen-bond acceptors (Lipinski definition) is 2. The fourth-order valence-electron chi connectivity index (χ4n) is 2.37. The molecule has 1 rings (SSSR count). The third-order valence-electron chi connectivity index (χ3n) is 3.99. The van der Waals surface area contributed by atoms with Crippen LogP contribution in [0.3, 0.4) is 0 Å². The van der Waals surface area contributed by atoms with Crippen molar-refractivity contribution in [3.63, 3.8) is 0 Å². The first-order valence-electron chi connectivity index (χ1n) is 7.18. The lowest BCUT2D eigenvalue weighted by Gasteiger charge is -2.24. The Morgan fingerprint density at radius 2 is 1.74 bits per heavy atom. The molecule has 1 unspecified atom stereocenters. The van der Waals surface area contributed by atoms with Gasteiger partial charge in [-0.3, -0.25) is 9.69 Å². The second kappa shape index (κ2) is 6.85. The summed E-state index contributed by atoms with van der Waals surface area (Å²) < 4.78 is 0. The van der Waals surface area contributed by atoms with Gasteiger partial charge in [0, 0.05) is 11.6 Å². The fourth-order valence-corrected chi connectivity index (χ4v) is 2.37. The summed E-state index contributed by atoms with van der Waals surface area (Å²) in [7, 11) is 2.04. The van der Waals surface area contributed by atoms with E-state index in [-0.39, 0.29) is 5.78 Å². The van der Waals surface area contributed by atoms with Crippen molar-refractivity contribution in [2.45, 2.75) is 53.5 Å². The van der Waals surface area contributed by atoms with Crippen molar-refractivity contribution >= 4 is 5.78 Å². The molecule has 0 amide bonds. The van der Waals surface area contributed by atoms with E-state index >= 15 is 0 Å². The molecule has 1 aromatic carbocycles. The maximum Gasteiger partial charge on any atom is 0.177 e. The third kappa shape index (κ3) is 4.17. The van der Waals surface area contributed by atoms with Gasteiger partial charge in [0.25, 0.3) is 0 Å². The molecule has 1 aromatic rings. The topological polar surface area (TPSA) is 20.3 Å². The average Bonchev–Trinajstić information content (AvgIpc) is 2.33. The molecular weight excluding hydrogens is 234 g/mol. The van der Waals surface area contributed by atoms with E-state index in [0.717, 1.165) is 24.0 Å². The van der Waals surface area contributed by atoms with Gasteiger partial charge < -0.3 is 0 Å². The number of nitrogens with zero attached hydrogens (tertiary/aromatic N) is 1. The Bertz CT molecular complexity index is 451. The van der Waals surface area contributed by atoms with Crippen molar-refractivity contribution in [2.24, 2.45) is 0 Å². The molecule has 0 bridgehead atoms. The SMILES string of the molecule is CCCC(C)N(C)CC(=O)c1cc(C)c(C)cc1C. The Morgan fingerprint density at radius 1 is 1.16 bits per heavy atom. The van der Waals surface area contributed by atoms with Crippen molar-refractivity contribution in [1.82, 2.24) is 4.90 Å². The van der Waals surface area contributed by atoms with Gasteiger partial charge in [0.2, 0.25) is 0 Å². The Kier molecular flexibility index (Phi) is 5.74. The first-order chi connectivity index (χ1) is 8.86. The Labute approximate surface area is 117 Å². The number of ketones is 1. The zero-order chi connectivity index (χ0) is 14.6. The highest BCUT2D eigenvalue weighted by Gasteiger charge is 2.16. The predicted molar refractivity (Wildman–Crippen MR) is 82.0 cm³/mol. The van der Waals surface area contributed by atoms with E-state index in [1.54, 1.807) is 0 Å². The van der Waals surface area contributed by atoms with Crippen LogP contribution in [0.1, 0.15) is 53.7 Å². The summed E-state index contributed by atoms with van der Waals surface area (Å²) >= 11 is 0. The number of carbonyl (C=O) groups is 1. The minimum absolute atomic E-state index is 0.228. The van der Waals surface area contributed by atoms with Crippen LogP contribution in [-0.2, 0) is 0 Å². The van der Waals surface area contributed by atoms with E-state index in [9.17, 15) is 4.79 Å². The van der Waals surface area contributed by atoms with Gasteiger partial charge in [0.1, 0.15) is 0 Å². The maximum atomic E-state index is 12.4. The van der Waals surface area contributed by atoms with Crippen LogP contribution in [0.2, 0.25) is 0 Å². The highest BCUT2D eigenvalue weighted by Crippen LogP contribution is 2.16. The molecule has 106 valence electrons. The van der Waals surface area contributed by atoms with Crippen LogP contribution in [0.4, 0.5) is 0 Å². The Balaban J connectivity index is 2.81. The number of hydrogen-bond donors (Lipinski definition) is 0. The van der Waals surface area contributed by atoms with Crippen LogP contribution in [-0.4, -0.2) is 30.3 Å². The van der Waals surface area contributed by atoms with Gasteiger partial charge in [0.05, 0.1) is 6.54 Å². The monoisotopic (exact) mass is 261 g/mol. The van der Waals surface area contributed by atoms with Crippen LogP contribution in [0.5, 0.6) is 0 Å². The standard InChI is InChI=1S/C17H27NO/c1-7-8-15(5)18(6)11-17(19)16-10-13(3)12(2)9-14(16)4/h9-10,15H,7-8,11H2,1-6H3. The molecule has 0 aliphatic rings. The normalized spacial score (nSPS) is 12.8. The summed E-state index contributed by atoms with van der Waals surface area (Å²) in [5.74, 6) is 0.228. The molecule has 0 fully saturated rings. The molecule has 0 aliphatic carbocycles. The summed E-state index contributed by atoms with van der Waals surface area (Å²) in [5.41, 5.74) is 4.41. The molecule has 1 atom stereocenters. The lowest BCUT2D eigenvalue weighted by atomic mass is 9.97. The summed E-state index contributed by atoms with van der Waals surface area (Å²) in [6, 6.07) is 4.60. The fraction of sp³-hybridized carbons (Fsp3) is 0.588. The number of carbonyl (C=O) groups excluding carboxylic acids is 1. The molecule has 0 heterocycles. The molecule has 0 saturated heterocycles. The first kappa shape index (κ1) is 15.9. The van der Waals surface area contributed by atoms with Crippen LogP contribution < -0.4 is 0 Å². The summed E-state index contributed by atoms with van der Waals surface area (Å²) in [6.45, 7) is 11.0. The van der Waals surface area contributed by atoms with Crippen molar-refractivity contribution in [2.75, 3.05) is 13.6 Å². The molecule has 0 radical (unpaired) electrons. The summed E-state index contributed by atoms with van der Waals surface area (Å²) in [6.07, 6.45) is 2.29. The number of aryl methyl sites for hydroxylation is 3. The predicted octanol–water partition coefficient (Wildman–Crippen LogP) is 3.91.